The van der Waals surface area contributed by atoms with E-state index in [1.54, 1.807) is 27.3 Å². The molecule has 1 aromatic carbocycles. The lowest BCUT2D eigenvalue weighted by molar-refractivity contribution is 0.642. The van der Waals surface area contributed by atoms with Crippen LogP contribution in [0.1, 0.15) is 16.7 Å². The number of thiophene rings is 1. The molecule has 0 spiro atoms. The first-order chi connectivity index (χ1) is 14.0. The summed E-state index contributed by atoms with van der Waals surface area (Å²) in [5.41, 5.74) is 5.00. The molecular formula is C21H19N7S. The molecule has 0 N–H and O–H groups in total. The van der Waals surface area contributed by atoms with Crippen LogP contribution in [0.15, 0.2) is 41.1 Å². The van der Waals surface area contributed by atoms with Gasteiger partial charge in [-0.2, -0.15) is 15.0 Å². The van der Waals surface area contributed by atoms with Gasteiger partial charge in [0.1, 0.15) is 22.8 Å². The molecule has 0 saturated carbocycles. The fraction of sp³-hybridized carbons (Fsp3) is 0.190. The fourth-order valence-electron chi connectivity index (χ4n) is 3.01. The van der Waals surface area contributed by atoms with Gasteiger partial charge in [-0.15, -0.1) is 11.3 Å². The van der Waals surface area contributed by atoms with Crippen molar-refractivity contribution in [3.05, 3.63) is 52.8 Å². The van der Waals surface area contributed by atoms with E-state index in [2.05, 4.69) is 63.6 Å². The first-order valence-electron chi connectivity index (χ1n) is 8.98. The van der Waals surface area contributed by atoms with Crippen molar-refractivity contribution < 1.29 is 0 Å². The number of hydrogen-bond acceptors (Lipinski definition) is 6. The van der Waals surface area contributed by atoms with Crippen molar-refractivity contribution in [2.45, 2.75) is 13.8 Å². The summed E-state index contributed by atoms with van der Waals surface area (Å²) in [5.74, 6) is 1.05. The average Bonchev–Trinajstić information content (AvgIpc) is 3.32. The van der Waals surface area contributed by atoms with Gasteiger partial charge in [-0.25, -0.2) is 15.0 Å². The highest BCUT2D eigenvalue weighted by Crippen LogP contribution is 2.37. The lowest BCUT2D eigenvalue weighted by atomic mass is 10.0. The molecule has 3 aromatic heterocycles. The molecule has 0 unspecified atom stereocenters. The van der Waals surface area contributed by atoms with Crippen LogP contribution in [0.25, 0.3) is 27.2 Å². The summed E-state index contributed by atoms with van der Waals surface area (Å²) < 4.78 is 1.61. The molecule has 7 nitrogen and oxygen atoms in total. The maximum atomic E-state index is 9.48. The van der Waals surface area contributed by atoms with E-state index in [0.29, 0.717) is 17.2 Å². The van der Waals surface area contributed by atoms with E-state index < -0.39 is 0 Å². The van der Waals surface area contributed by atoms with E-state index in [4.69, 9.17) is 0 Å². The van der Waals surface area contributed by atoms with Crippen molar-refractivity contribution in [2.24, 2.45) is 4.99 Å². The molecule has 8 heteroatoms. The Labute approximate surface area is 172 Å². The predicted octanol–water partition coefficient (Wildman–Crippen LogP) is 4.25. The number of hydrogen-bond donors (Lipinski definition) is 0. The van der Waals surface area contributed by atoms with Crippen LogP contribution in [0.3, 0.4) is 0 Å². The topological polar surface area (TPSA) is 83.0 Å². The molecule has 0 amide bonds. The van der Waals surface area contributed by atoms with Crippen molar-refractivity contribution in [1.29, 1.82) is 5.26 Å². The summed E-state index contributed by atoms with van der Waals surface area (Å²) >= 11 is 1.56. The van der Waals surface area contributed by atoms with Gasteiger partial charge in [-0.05, 0) is 30.5 Å². The molecule has 0 aliphatic rings. The molecule has 3 heterocycles. The Hall–Kier alpha value is -3.57. The maximum absolute atomic E-state index is 9.48. The molecule has 0 aliphatic heterocycles. The zero-order chi connectivity index (χ0) is 20.5. The number of nitrogens with zero attached hydrogens (tertiary/aromatic N) is 7. The van der Waals surface area contributed by atoms with Crippen LogP contribution < -0.4 is 0 Å². The third-order valence-electron chi connectivity index (χ3n) is 4.64. The summed E-state index contributed by atoms with van der Waals surface area (Å²) in [4.78, 5) is 16.1. The van der Waals surface area contributed by atoms with Gasteiger partial charge >= 0.3 is 0 Å². The number of aryl methyl sites for hydroxylation is 2. The largest absolute Gasteiger partial charge is 0.369 e. The zero-order valence-corrected chi connectivity index (χ0v) is 17.4. The van der Waals surface area contributed by atoms with E-state index in [-0.39, 0.29) is 0 Å². The van der Waals surface area contributed by atoms with Gasteiger partial charge in [0.2, 0.25) is 0 Å². The van der Waals surface area contributed by atoms with Crippen LogP contribution in [0, 0.1) is 25.2 Å². The molecule has 0 fully saturated rings. The van der Waals surface area contributed by atoms with Gasteiger partial charge in [-0.1, -0.05) is 18.2 Å². The highest BCUT2D eigenvalue weighted by atomic mass is 32.1. The van der Waals surface area contributed by atoms with Crippen LogP contribution in [-0.4, -0.2) is 45.1 Å². The zero-order valence-electron chi connectivity index (χ0n) is 16.6. The highest BCUT2D eigenvalue weighted by molar-refractivity contribution is 7.17. The summed E-state index contributed by atoms with van der Waals surface area (Å²) in [5, 5.41) is 16.9. The predicted molar refractivity (Wildman–Crippen MR) is 116 cm³/mol. The van der Waals surface area contributed by atoms with Crippen LogP contribution in [-0.2, 0) is 0 Å². The number of nitriles is 1. The normalized spacial score (nSPS) is 11.3. The lowest BCUT2D eigenvalue weighted by Gasteiger charge is -2.09. The van der Waals surface area contributed by atoms with Crippen LogP contribution in [0.4, 0.5) is 5.82 Å². The van der Waals surface area contributed by atoms with Gasteiger partial charge in [0.05, 0.1) is 17.9 Å². The van der Waals surface area contributed by atoms with Gasteiger partial charge in [0.15, 0.2) is 11.6 Å². The summed E-state index contributed by atoms with van der Waals surface area (Å²) in [6, 6.07) is 8.55. The number of aliphatic imine (C=N–C) groups is 1. The van der Waals surface area contributed by atoms with Crippen LogP contribution in [0.5, 0.6) is 0 Å². The van der Waals surface area contributed by atoms with Gasteiger partial charge in [0, 0.05) is 25.0 Å². The second-order valence-electron chi connectivity index (χ2n) is 6.94. The minimum Gasteiger partial charge on any atom is -0.369 e. The molecule has 29 heavy (non-hydrogen) atoms. The number of aromatic nitrogens is 4. The fourth-order valence-corrected chi connectivity index (χ4v) is 3.92. The van der Waals surface area contributed by atoms with Crippen LogP contribution in [0.2, 0.25) is 0 Å². The summed E-state index contributed by atoms with van der Waals surface area (Å²) in [6.07, 6.45) is 4.68. The quantitative estimate of drug-likeness (QED) is 0.377. The Morgan fingerprint density at radius 2 is 2.03 bits per heavy atom. The second kappa shape index (κ2) is 7.45. The lowest BCUT2D eigenvalue weighted by Crippen LogP contribution is -2.08. The monoisotopic (exact) mass is 401 g/mol. The standard InChI is InChI=1S/C21H19N7S/c1-13-5-6-15(7-14(13)2)17-10-29-21-18(17)20(23-11-24-21)28-19(25-12-27(3)4)16(8-22)9-26-28/h5-7,9-12H,1-4H3/b25-12+. The Morgan fingerprint density at radius 3 is 2.76 bits per heavy atom. The first kappa shape index (κ1) is 18.8. The van der Waals surface area contributed by atoms with Crippen molar-refractivity contribution in [1.82, 2.24) is 24.6 Å². The van der Waals surface area contributed by atoms with Crippen molar-refractivity contribution in [3.8, 4) is 23.0 Å². The second-order valence-corrected chi connectivity index (χ2v) is 7.80. The third kappa shape index (κ3) is 3.37. The SMILES string of the molecule is Cc1ccc(-c2csc3ncnc(-n4ncc(C#N)c4/N=C/N(C)C)c23)cc1C. The van der Waals surface area contributed by atoms with Gasteiger partial charge < -0.3 is 4.90 Å². The minimum absolute atomic E-state index is 0.387. The number of benzene rings is 1. The van der Waals surface area contributed by atoms with Gasteiger partial charge in [-0.3, -0.25) is 0 Å². The number of rotatable bonds is 4. The molecule has 0 bridgehead atoms. The van der Waals surface area contributed by atoms with Crippen molar-refractivity contribution in [2.75, 3.05) is 14.1 Å². The van der Waals surface area contributed by atoms with E-state index in [0.717, 1.165) is 21.3 Å². The molecule has 0 atom stereocenters. The van der Waals surface area contributed by atoms with E-state index in [9.17, 15) is 5.26 Å². The molecule has 0 saturated heterocycles. The molecular weight excluding hydrogens is 382 g/mol. The van der Waals surface area contributed by atoms with E-state index in [1.165, 1.54) is 23.7 Å². The Kier molecular flexibility index (Phi) is 4.82. The minimum atomic E-state index is 0.387. The van der Waals surface area contributed by atoms with Crippen molar-refractivity contribution >= 4 is 33.7 Å². The summed E-state index contributed by atoms with van der Waals surface area (Å²) in [7, 11) is 3.74. The molecule has 4 rings (SSSR count). The van der Waals surface area contributed by atoms with Crippen LogP contribution >= 0.6 is 11.3 Å². The highest BCUT2D eigenvalue weighted by Gasteiger charge is 2.19. The summed E-state index contributed by atoms with van der Waals surface area (Å²) in [6.45, 7) is 4.20. The first-order valence-corrected chi connectivity index (χ1v) is 9.86. The number of fused-ring (bicyclic) bond motifs is 1. The average molecular weight is 401 g/mol. The molecule has 0 radical (unpaired) electrons. The molecule has 144 valence electrons. The van der Waals surface area contributed by atoms with Gasteiger partial charge in [0.25, 0.3) is 0 Å². The third-order valence-corrected chi connectivity index (χ3v) is 5.53. The molecule has 4 aromatic rings. The van der Waals surface area contributed by atoms with E-state index in [1.807, 2.05) is 14.1 Å². The molecule has 0 aliphatic carbocycles. The Morgan fingerprint density at radius 1 is 1.21 bits per heavy atom. The Bertz CT molecular complexity index is 1270. The smallest absolute Gasteiger partial charge is 0.176 e. The maximum Gasteiger partial charge on any atom is 0.176 e. The van der Waals surface area contributed by atoms with Crippen molar-refractivity contribution in [3.63, 3.8) is 0 Å². The Balaban J connectivity index is 1.97. The van der Waals surface area contributed by atoms with E-state index >= 15 is 0 Å².